The molecule has 2 N–H and O–H groups in total. The Hall–Kier alpha value is -0.130. The molecule has 0 aliphatic carbocycles. The van der Waals surface area contributed by atoms with Crippen LogP contribution in [0.15, 0.2) is 0 Å². The molecule has 0 unspecified atom stereocenters. The van der Waals surface area contributed by atoms with Gasteiger partial charge in [0.05, 0.1) is 0 Å². The molecule has 0 aromatic carbocycles. The van der Waals surface area contributed by atoms with Crippen LogP contribution in [0.2, 0.25) is 0 Å². The zero-order valence-electron chi connectivity index (χ0n) is 8.17. The summed E-state index contributed by atoms with van der Waals surface area (Å²) in [6.07, 6.45) is 6.74. The lowest BCUT2D eigenvalue weighted by atomic mass is 10.1. The topological polar surface area (TPSA) is 70.0 Å². The molecule has 0 heterocycles. The summed E-state index contributed by atoms with van der Waals surface area (Å²) < 4.78 is 22.8. The van der Waals surface area contributed by atoms with Gasteiger partial charge in [0.15, 0.2) is 0 Å². The second-order valence-corrected chi connectivity index (χ2v) is 4.46. The van der Waals surface area contributed by atoms with Crippen LogP contribution in [0.4, 0.5) is 0 Å². The van der Waals surface area contributed by atoms with Crippen LogP contribution in [0.1, 0.15) is 45.4 Å². The van der Waals surface area contributed by atoms with Gasteiger partial charge in [-0.15, -0.1) is 5.14 Å². The maximum atomic E-state index is 10.3. The number of hydrogen-bond donors (Lipinski definition) is 1. The van der Waals surface area contributed by atoms with Crippen molar-refractivity contribution >= 4 is 10.2 Å². The summed E-state index contributed by atoms with van der Waals surface area (Å²) in [5.74, 6) is 0. The van der Waals surface area contributed by atoms with E-state index in [1.54, 1.807) is 0 Å². The zero-order chi connectivity index (χ0) is 10.2. The highest BCUT2D eigenvalue weighted by atomic mass is 32.2. The van der Waals surface area contributed by atoms with Crippen molar-refractivity contribution in [3.8, 4) is 0 Å². The van der Waals surface area contributed by atoms with Crippen molar-refractivity contribution in [1.82, 2.24) is 9.86 Å². The van der Waals surface area contributed by atoms with Gasteiger partial charge in [0, 0.05) is 6.54 Å². The highest BCUT2D eigenvalue weighted by molar-refractivity contribution is 7.86. The van der Waals surface area contributed by atoms with E-state index in [1.165, 1.54) is 19.3 Å². The summed E-state index contributed by atoms with van der Waals surface area (Å²) in [7, 11) is -3.72. The fourth-order valence-electron chi connectivity index (χ4n) is 1.11. The minimum absolute atomic E-state index is 0.401. The van der Waals surface area contributed by atoms with E-state index in [2.05, 4.69) is 11.6 Å². The molecule has 0 bridgehead atoms. The Morgan fingerprint density at radius 2 is 1.62 bits per heavy atom. The van der Waals surface area contributed by atoms with Crippen LogP contribution in [-0.4, -0.2) is 15.0 Å². The number of nitrogens with one attached hydrogen (secondary N) is 2. The first kappa shape index (κ1) is 12.9. The second kappa shape index (κ2) is 7.29. The van der Waals surface area contributed by atoms with Gasteiger partial charge in [0.2, 0.25) is 0 Å². The molecule has 0 saturated heterocycles. The van der Waals surface area contributed by atoms with E-state index in [9.17, 15) is 8.42 Å². The first-order valence-corrected chi connectivity index (χ1v) is 6.29. The monoisotopic (exact) mass is 207 g/mol. The maximum absolute atomic E-state index is 10.3. The van der Waals surface area contributed by atoms with Crippen molar-refractivity contribution < 1.29 is 8.42 Å². The Labute approximate surface area is 81.1 Å². The molecule has 79 valence electrons. The van der Waals surface area contributed by atoms with Crippen molar-refractivity contribution in [2.45, 2.75) is 45.4 Å². The third-order valence-corrected chi connectivity index (χ3v) is 2.41. The molecule has 0 amide bonds. The predicted octanol–water partition coefficient (Wildman–Crippen LogP) is 1.46. The zero-order valence-corrected chi connectivity index (χ0v) is 8.99. The van der Waals surface area contributed by atoms with E-state index in [4.69, 9.17) is 5.14 Å². The third-order valence-electron chi connectivity index (χ3n) is 1.82. The lowest BCUT2D eigenvalue weighted by Gasteiger charge is -2.01. The SMILES string of the molecule is CCCCCCCCNS([NH])(=O)=O. The molecule has 5 heteroatoms. The van der Waals surface area contributed by atoms with Crippen molar-refractivity contribution in [3.63, 3.8) is 0 Å². The number of rotatable bonds is 8. The van der Waals surface area contributed by atoms with Crippen molar-refractivity contribution in [3.05, 3.63) is 0 Å². The van der Waals surface area contributed by atoms with Crippen LogP contribution < -0.4 is 9.86 Å². The van der Waals surface area contributed by atoms with Crippen LogP contribution in [0, 0.1) is 0 Å². The van der Waals surface area contributed by atoms with E-state index in [0.717, 1.165) is 19.3 Å². The molecule has 0 saturated carbocycles. The molecule has 4 nitrogen and oxygen atoms in total. The number of unbranched alkanes of at least 4 members (excludes halogenated alkanes) is 5. The molecule has 0 aromatic rings. The predicted molar refractivity (Wildman–Crippen MR) is 53.4 cm³/mol. The van der Waals surface area contributed by atoms with Crippen molar-refractivity contribution in [1.29, 1.82) is 0 Å². The summed E-state index contributed by atoms with van der Waals surface area (Å²) in [6, 6.07) is 0. The fourth-order valence-corrected chi connectivity index (χ4v) is 1.52. The molecular formula is C8H19N2O2S. The summed E-state index contributed by atoms with van der Waals surface area (Å²) in [5.41, 5.74) is 0. The lowest BCUT2D eigenvalue weighted by Crippen LogP contribution is -2.24. The van der Waals surface area contributed by atoms with Gasteiger partial charge in [0.25, 0.3) is 10.2 Å². The van der Waals surface area contributed by atoms with Crippen LogP contribution in [0.5, 0.6) is 0 Å². The van der Waals surface area contributed by atoms with Gasteiger partial charge in [0.1, 0.15) is 0 Å². The summed E-state index contributed by atoms with van der Waals surface area (Å²) in [4.78, 5) is 0. The van der Waals surface area contributed by atoms with E-state index >= 15 is 0 Å². The van der Waals surface area contributed by atoms with E-state index in [1.807, 2.05) is 0 Å². The van der Waals surface area contributed by atoms with Gasteiger partial charge in [-0.3, -0.25) is 0 Å². The van der Waals surface area contributed by atoms with Gasteiger partial charge >= 0.3 is 0 Å². The molecule has 0 aliphatic heterocycles. The van der Waals surface area contributed by atoms with Gasteiger partial charge in [-0.1, -0.05) is 39.0 Å². The standard InChI is InChI=1S/C8H19N2O2S/c1-2-3-4-5-6-7-8-10-13(9,11)12/h9-10H,2-8H2,1H3. The molecule has 0 aliphatic rings. The summed E-state index contributed by atoms with van der Waals surface area (Å²) in [6.45, 7) is 2.56. The first-order chi connectivity index (χ1) is 6.06. The fraction of sp³-hybridized carbons (Fsp3) is 1.00. The van der Waals surface area contributed by atoms with E-state index in [0.29, 0.717) is 6.54 Å². The molecule has 0 spiro atoms. The average Bonchev–Trinajstić information content (AvgIpc) is 2.01. The second-order valence-electron chi connectivity index (χ2n) is 3.17. The van der Waals surface area contributed by atoms with Crippen LogP contribution in [0.3, 0.4) is 0 Å². The highest BCUT2D eigenvalue weighted by Crippen LogP contribution is 2.03. The Balaban J connectivity index is 3.09. The van der Waals surface area contributed by atoms with E-state index < -0.39 is 10.2 Å². The number of hydrogen-bond acceptors (Lipinski definition) is 2. The Bertz CT molecular complexity index is 202. The molecule has 0 rings (SSSR count). The Kier molecular flexibility index (Phi) is 7.22. The van der Waals surface area contributed by atoms with Gasteiger partial charge in [-0.25, -0.2) is 4.72 Å². The average molecular weight is 207 g/mol. The Morgan fingerprint density at radius 1 is 1.08 bits per heavy atom. The van der Waals surface area contributed by atoms with Crippen LogP contribution in [-0.2, 0) is 10.2 Å². The maximum Gasteiger partial charge on any atom is 0.290 e. The van der Waals surface area contributed by atoms with Crippen molar-refractivity contribution in [2.75, 3.05) is 6.54 Å². The Morgan fingerprint density at radius 3 is 2.15 bits per heavy atom. The highest BCUT2D eigenvalue weighted by Gasteiger charge is 1.99. The summed E-state index contributed by atoms with van der Waals surface area (Å²) in [5, 5.41) is 6.54. The minimum Gasteiger partial charge on any atom is -0.201 e. The largest absolute Gasteiger partial charge is 0.290 e. The van der Waals surface area contributed by atoms with Gasteiger partial charge in [-0.2, -0.15) is 8.42 Å². The smallest absolute Gasteiger partial charge is 0.201 e. The van der Waals surface area contributed by atoms with Gasteiger partial charge in [-0.05, 0) is 6.42 Å². The van der Waals surface area contributed by atoms with E-state index in [-0.39, 0.29) is 0 Å². The molecule has 0 atom stereocenters. The molecule has 1 radical (unpaired) electrons. The van der Waals surface area contributed by atoms with Crippen LogP contribution in [0.25, 0.3) is 0 Å². The first-order valence-electron chi connectivity index (χ1n) is 4.80. The molecule has 0 fully saturated rings. The molecule has 13 heavy (non-hydrogen) atoms. The minimum atomic E-state index is -3.72. The third kappa shape index (κ3) is 11.9. The quantitative estimate of drug-likeness (QED) is 0.612. The lowest BCUT2D eigenvalue weighted by molar-refractivity contribution is 0.568. The van der Waals surface area contributed by atoms with Crippen molar-refractivity contribution in [2.24, 2.45) is 0 Å². The van der Waals surface area contributed by atoms with Crippen LogP contribution >= 0.6 is 0 Å². The molecular weight excluding hydrogens is 188 g/mol. The molecule has 0 aromatic heterocycles. The van der Waals surface area contributed by atoms with Gasteiger partial charge < -0.3 is 0 Å². The normalized spacial score (nSPS) is 11.8. The summed E-state index contributed by atoms with van der Waals surface area (Å²) >= 11 is 0.